The van der Waals surface area contributed by atoms with Crippen molar-refractivity contribution in [1.29, 1.82) is 0 Å². The van der Waals surface area contributed by atoms with E-state index in [1.165, 1.54) is 25.3 Å². The second kappa shape index (κ2) is 10.4. The highest BCUT2D eigenvalue weighted by molar-refractivity contribution is 7.89. The Kier molecular flexibility index (Phi) is 7.68. The van der Waals surface area contributed by atoms with Crippen molar-refractivity contribution in [1.82, 2.24) is 10.0 Å². The van der Waals surface area contributed by atoms with Crippen molar-refractivity contribution in [2.45, 2.75) is 23.9 Å². The first kappa shape index (κ1) is 22.8. The number of sulfonamides is 1. The number of halogens is 1. The van der Waals surface area contributed by atoms with Crippen LogP contribution in [0.2, 0.25) is 5.02 Å². The molecule has 31 heavy (non-hydrogen) atoms. The molecule has 0 spiro atoms. The van der Waals surface area contributed by atoms with Crippen molar-refractivity contribution in [2.24, 2.45) is 0 Å². The fourth-order valence-corrected chi connectivity index (χ4v) is 4.56. The van der Waals surface area contributed by atoms with Gasteiger partial charge in [-0.05, 0) is 35.7 Å². The molecule has 0 aromatic heterocycles. The number of amides is 1. The number of rotatable bonds is 9. The number of benzene rings is 3. The van der Waals surface area contributed by atoms with Gasteiger partial charge < -0.3 is 10.1 Å². The van der Waals surface area contributed by atoms with E-state index in [0.717, 1.165) is 11.1 Å². The van der Waals surface area contributed by atoms with Crippen LogP contribution in [0.4, 0.5) is 0 Å². The molecule has 162 valence electrons. The Morgan fingerprint density at radius 1 is 0.968 bits per heavy atom. The molecule has 0 aliphatic rings. The summed E-state index contributed by atoms with van der Waals surface area (Å²) in [6.07, 6.45) is 0.199. The predicted molar refractivity (Wildman–Crippen MR) is 121 cm³/mol. The number of carbonyl (C=O) groups excluding carboxylic acids is 1. The molecule has 3 aromatic rings. The van der Waals surface area contributed by atoms with Gasteiger partial charge in [0.15, 0.2) is 0 Å². The first-order chi connectivity index (χ1) is 14.9. The van der Waals surface area contributed by atoms with Gasteiger partial charge in [-0.2, -0.15) is 4.72 Å². The van der Waals surface area contributed by atoms with Crippen molar-refractivity contribution in [3.63, 3.8) is 0 Å². The van der Waals surface area contributed by atoms with Crippen molar-refractivity contribution >= 4 is 27.5 Å². The third-order valence-electron chi connectivity index (χ3n) is 4.64. The molecule has 6 nitrogen and oxygen atoms in total. The molecule has 0 heterocycles. The summed E-state index contributed by atoms with van der Waals surface area (Å²) in [5, 5.41) is 2.98. The standard InChI is InChI=1S/C23H23ClN2O4S/c1-30-22-13-12-19(15-20(22)24)31(28,29)26-21(14-17-8-4-2-5-9-17)23(27)25-16-18-10-6-3-7-11-18/h2-13,15,21,26H,14,16H2,1H3,(H,25,27)/t21-/m1/s1. The van der Waals surface area contributed by atoms with Gasteiger partial charge in [-0.1, -0.05) is 72.3 Å². The molecule has 0 aliphatic carbocycles. The van der Waals surface area contributed by atoms with Crippen LogP contribution in [0.15, 0.2) is 83.8 Å². The van der Waals surface area contributed by atoms with E-state index in [-0.39, 0.29) is 16.3 Å². The van der Waals surface area contributed by atoms with Gasteiger partial charge in [-0.15, -0.1) is 0 Å². The quantitative estimate of drug-likeness (QED) is 0.513. The average molecular weight is 459 g/mol. The van der Waals surface area contributed by atoms with Crippen molar-refractivity contribution in [3.05, 3.63) is 95.0 Å². The molecule has 0 bridgehead atoms. The molecular formula is C23H23ClN2O4S. The summed E-state index contributed by atoms with van der Waals surface area (Å²) in [5.41, 5.74) is 1.75. The third-order valence-corrected chi connectivity index (χ3v) is 6.40. The Morgan fingerprint density at radius 2 is 1.58 bits per heavy atom. The second-order valence-corrected chi connectivity index (χ2v) is 8.98. The summed E-state index contributed by atoms with van der Waals surface area (Å²) in [6.45, 7) is 0.293. The number of ether oxygens (including phenoxy) is 1. The van der Waals surface area contributed by atoms with Crippen LogP contribution in [-0.4, -0.2) is 27.5 Å². The summed E-state index contributed by atoms with van der Waals surface area (Å²) < 4.78 is 33.5. The van der Waals surface area contributed by atoms with Gasteiger partial charge in [0.2, 0.25) is 15.9 Å². The average Bonchev–Trinajstić information content (AvgIpc) is 2.78. The normalized spacial score (nSPS) is 12.2. The zero-order valence-corrected chi connectivity index (χ0v) is 18.5. The highest BCUT2D eigenvalue weighted by Gasteiger charge is 2.26. The molecule has 0 radical (unpaired) electrons. The topological polar surface area (TPSA) is 84.5 Å². The van der Waals surface area contributed by atoms with E-state index in [4.69, 9.17) is 16.3 Å². The SMILES string of the molecule is COc1ccc(S(=O)(=O)N[C@H](Cc2ccccc2)C(=O)NCc2ccccc2)cc1Cl. The molecule has 1 amide bonds. The van der Waals surface area contributed by atoms with Crippen molar-refractivity contribution in [2.75, 3.05) is 7.11 Å². The lowest BCUT2D eigenvalue weighted by Gasteiger charge is -2.19. The third kappa shape index (κ3) is 6.30. The monoisotopic (exact) mass is 458 g/mol. The van der Waals surface area contributed by atoms with Crippen LogP contribution in [-0.2, 0) is 27.8 Å². The van der Waals surface area contributed by atoms with Crippen LogP contribution in [0.1, 0.15) is 11.1 Å². The maximum atomic E-state index is 13.0. The maximum absolute atomic E-state index is 13.0. The van der Waals surface area contributed by atoms with E-state index in [2.05, 4.69) is 10.0 Å². The number of hydrogen-bond acceptors (Lipinski definition) is 4. The van der Waals surface area contributed by atoms with E-state index in [1.807, 2.05) is 60.7 Å². The molecule has 0 fully saturated rings. The number of hydrogen-bond donors (Lipinski definition) is 2. The summed E-state index contributed by atoms with van der Waals surface area (Å²) in [7, 11) is -2.56. The van der Waals surface area contributed by atoms with E-state index in [0.29, 0.717) is 12.3 Å². The lowest BCUT2D eigenvalue weighted by molar-refractivity contribution is -0.122. The van der Waals surface area contributed by atoms with Crippen LogP contribution in [0.3, 0.4) is 0 Å². The number of methoxy groups -OCH3 is 1. The Labute approximate surface area is 187 Å². The second-order valence-electron chi connectivity index (χ2n) is 6.86. The van der Waals surface area contributed by atoms with Gasteiger partial charge >= 0.3 is 0 Å². The Bertz CT molecular complexity index is 1120. The minimum atomic E-state index is -4.01. The van der Waals surface area contributed by atoms with Gasteiger partial charge in [0.25, 0.3) is 0 Å². The van der Waals surface area contributed by atoms with Gasteiger partial charge in [0.05, 0.1) is 17.0 Å². The van der Waals surface area contributed by atoms with Crippen LogP contribution in [0.25, 0.3) is 0 Å². The van der Waals surface area contributed by atoms with E-state index < -0.39 is 22.0 Å². The molecule has 0 aliphatic heterocycles. The molecule has 2 N–H and O–H groups in total. The van der Waals surface area contributed by atoms with Crippen LogP contribution >= 0.6 is 11.6 Å². The molecule has 3 aromatic carbocycles. The molecule has 0 saturated carbocycles. The smallest absolute Gasteiger partial charge is 0.241 e. The van der Waals surface area contributed by atoms with Crippen LogP contribution in [0.5, 0.6) is 5.75 Å². The van der Waals surface area contributed by atoms with E-state index in [9.17, 15) is 13.2 Å². The molecular weight excluding hydrogens is 436 g/mol. The van der Waals surface area contributed by atoms with Crippen molar-refractivity contribution < 1.29 is 17.9 Å². The number of carbonyl (C=O) groups is 1. The largest absolute Gasteiger partial charge is 0.495 e. The van der Waals surface area contributed by atoms with Crippen molar-refractivity contribution in [3.8, 4) is 5.75 Å². The zero-order valence-electron chi connectivity index (χ0n) is 16.9. The van der Waals surface area contributed by atoms with Gasteiger partial charge in [0, 0.05) is 6.54 Å². The van der Waals surface area contributed by atoms with E-state index >= 15 is 0 Å². The highest BCUT2D eigenvalue weighted by Crippen LogP contribution is 2.27. The number of nitrogens with one attached hydrogen (secondary N) is 2. The summed E-state index contributed by atoms with van der Waals surface area (Å²) >= 11 is 6.09. The Morgan fingerprint density at radius 3 is 2.16 bits per heavy atom. The molecule has 3 rings (SSSR count). The zero-order chi connectivity index (χ0) is 22.3. The van der Waals surface area contributed by atoms with E-state index in [1.54, 1.807) is 0 Å². The van der Waals surface area contributed by atoms with Gasteiger partial charge in [-0.3, -0.25) is 4.79 Å². The fourth-order valence-electron chi connectivity index (χ4n) is 3.02. The predicted octanol–water partition coefficient (Wildman–Crippen LogP) is 3.55. The van der Waals surface area contributed by atoms with Crippen LogP contribution < -0.4 is 14.8 Å². The first-order valence-electron chi connectivity index (χ1n) is 9.60. The van der Waals surface area contributed by atoms with Crippen LogP contribution in [0, 0.1) is 0 Å². The first-order valence-corrected chi connectivity index (χ1v) is 11.5. The lowest BCUT2D eigenvalue weighted by atomic mass is 10.1. The maximum Gasteiger partial charge on any atom is 0.241 e. The lowest BCUT2D eigenvalue weighted by Crippen LogP contribution is -2.47. The molecule has 0 unspecified atom stereocenters. The fraction of sp³-hybridized carbons (Fsp3) is 0.174. The Hall–Kier alpha value is -2.87. The minimum absolute atomic E-state index is 0.0489. The van der Waals surface area contributed by atoms with Gasteiger partial charge in [0.1, 0.15) is 11.8 Å². The highest BCUT2D eigenvalue weighted by atomic mass is 35.5. The molecule has 1 atom stereocenters. The minimum Gasteiger partial charge on any atom is -0.495 e. The summed E-state index contributed by atoms with van der Waals surface area (Å²) in [6, 6.07) is 21.8. The summed E-state index contributed by atoms with van der Waals surface area (Å²) in [5.74, 6) is -0.0575. The van der Waals surface area contributed by atoms with Gasteiger partial charge in [-0.25, -0.2) is 8.42 Å². The Balaban J connectivity index is 1.81. The molecule has 0 saturated heterocycles. The molecule has 8 heteroatoms. The summed E-state index contributed by atoms with van der Waals surface area (Å²) in [4.78, 5) is 12.9.